The monoisotopic (exact) mass is 526 g/mol. The number of rotatable bonds is 9. The van der Waals surface area contributed by atoms with Crippen LogP contribution in [0.25, 0.3) is 0 Å². The van der Waals surface area contributed by atoms with Gasteiger partial charge in [0.1, 0.15) is 12.2 Å². The van der Waals surface area contributed by atoms with Crippen molar-refractivity contribution in [2.24, 2.45) is 4.99 Å². The Morgan fingerprint density at radius 3 is 2.47 bits per heavy atom. The molecule has 1 aromatic carbocycles. The number of hydrogen-bond acceptors (Lipinski definition) is 5. The van der Waals surface area contributed by atoms with E-state index in [9.17, 15) is 0 Å². The van der Waals surface area contributed by atoms with Gasteiger partial charge in [0, 0.05) is 65.0 Å². The molecule has 3 rings (SSSR count). The summed E-state index contributed by atoms with van der Waals surface area (Å²) in [4.78, 5) is 9.33. The van der Waals surface area contributed by atoms with E-state index in [-0.39, 0.29) is 24.0 Å². The second kappa shape index (κ2) is 13.4. The summed E-state index contributed by atoms with van der Waals surface area (Å²) in [6.45, 7) is 10.2. The number of piperazine rings is 1. The van der Waals surface area contributed by atoms with Crippen molar-refractivity contribution in [3.63, 3.8) is 0 Å². The zero-order chi connectivity index (χ0) is 20.3. The van der Waals surface area contributed by atoms with E-state index in [4.69, 9.17) is 0 Å². The molecule has 0 aliphatic carbocycles. The highest BCUT2D eigenvalue weighted by molar-refractivity contribution is 14.0. The van der Waals surface area contributed by atoms with E-state index in [1.165, 1.54) is 5.69 Å². The van der Waals surface area contributed by atoms with Gasteiger partial charge in [-0.3, -0.25) is 9.89 Å². The summed E-state index contributed by atoms with van der Waals surface area (Å²) in [6.07, 6.45) is 3.79. The van der Waals surface area contributed by atoms with E-state index >= 15 is 0 Å². The second-order valence-corrected chi connectivity index (χ2v) is 7.24. The smallest absolute Gasteiger partial charge is 0.191 e. The van der Waals surface area contributed by atoms with Crippen LogP contribution in [0.3, 0.4) is 0 Å². The second-order valence-electron chi connectivity index (χ2n) is 7.24. The molecular weight excluding hydrogens is 491 g/mol. The van der Waals surface area contributed by atoms with E-state index in [0.717, 1.165) is 77.0 Å². The van der Waals surface area contributed by atoms with E-state index in [1.807, 2.05) is 7.05 Å². The van der Waals surface area contributed by atoms with Crippen molar-refractivity contribution in [3.05, 3.63) is 42.5 Å². The summed E-state index contributed by atoms with van der Waals surface area (Å²) in [5.41, 5.74) is 1.33. The third-order valence-electron chi connectivity index (χ3n) is 5.32. The maximum absolute atomic E-state index is 4.31. The van der Waals surface area contributed by atoms with Crippen molar-refractivity contribution < 1.29 is 0 Å². The van der Waals surface area contributed by atoms with Crippen LogP contribution in [0.4, 0.5) is 5.69 Å². The van der Waals surface area contributed by atoms with Gasteiger partial charge in [0.05, 0.1) is 0 Å². The minimum Gasteiger partial charge on any atom is -0.369 e. The van der Waals surface area contributed by atoms with Crippen molar-refractivity contribution >= 4 is 35.6 Å². The topological polar surface area (TPSA) is 73.6 Å². The van der Waals surface area contributed by atoms with Crippen molar-refractivity contribution in [2.45, 2.75) is 26.3 Å². The SMILES string of the molecule is CCc1nncn1CCNC(=NC)NCCCN1CCN(c2ccccc2)CC1.I. The lowest BCUT2D eigenvalue weighted by Crippen LogP contribution is -2.47. The molecule has 8 nitrogen and oxygen atoms in total. The van der Waals surface area contributed by atoms with Crippen molar-refractivity contribution in [1.82, 2.24) is 30.3 Å². The number of guanidine groups is 1. The van der Waals surface area contributed by atoms with Crippen molar-refractivity contribution in [3.8, 4) is 0 Å². The van der Waals surface area contributed by atoms with Crippen molar-refractivity contribution in [1.29, 1.82) is 0 Å². The number of aryl methyl sites for hydroxylation is 1. The number of benzene rings is 1. The van der Waals surface area contributed by atoms with Gasteiger partial charge in [0.25, 0.3) is 0 Å². The molecule has 166 valence electrons. The number of para-hydroxylation sites is 1. The molecule has 2 heterocycles. The summed E-state index contributed by atoms with van der Waals surface area (Å²) < 4.78 is 2.08. The Hall–Kier alpha value is -1.88. The zero-order valence-electron chi connectivity index (χ0n) is 18.1. The van der Waals surface area contributed by atoms with Crippen LogP contribution in [0.1, 0.15) is 19.2 Å². The van der Waals surface area contributed by atoms with Gasteiger partial charge in [-0.05, 0) is 25.1 Å². The third kappa shape index (κ3) is 7.42. The standard InChI is InChI=1S/C21H34N8.HI/c1-3-20-26-25-18-29(20)13-11-24-21(22-2)23-10-7-12-27-14-16-28(17-15-27)19-8-5-4-6-9-19;/h4-6,8-9,18H,3,7,10-17H2,1-2H3,(H2,22,23,24);1H. The molecule has 1 aliphatic heterocycles. The largest absolute Gasteiger partial charge is 0.369 e. The maximum Gasteiger partial charge on any atom is 0.191 e. The first-order valence-corrected chi connectivity index (χ1v) is 10.6. The number of halogens is 1. The molecule has 1 saturated heterocycles. The number of nitrogens with zero attached hydrogens (tertiary/aromatic N) is 6. The molecule has 0 radical (unpaired) electrons. The Morgan fingerprint density at radius 2 is 1.77 bits per heavy atom. The summed E-state index contributed by atoms with van der Waals surface area (Å²) in [7, 11) is 1.81. The van der Waals surface area contributed by atoms with E-state index in [0.29, 0.717) is 0 Å². The molecule has 1 fully saturated rings. The highest BCUT2D eigenvalue weighted by Crippen LogP contribution is 2.15. The average Bonchev–Trinajstić information content (AvgIpc) is 3.24. The summed E-state index contributed by atoms with van der Waals surface area (Å²) >= 11 is 0. The summed E-state index contributed by atoms with van der Waals surface area (Å²) in [6, 6.07) is 10.7. The molecule has 0 amide bonds. The van der Waals surface area contributed by atoms with Gasteiger partial charge >= 0.3 is 0 Å². The summed E-state index contributed by atoms with van der Waals surface area (Å²) in [5.74, 6) is 1.87. The number of aliphatic imine (C=N–C) groups is 1. The fraction of sp³-hybridized carbons (Fsp3) is 0.571. The maximum atomic E-state index is 4.31. The normalized spacial score (nSPS) is 15.0. The van der Waals surface area contributed by atoms with Gasteiger partial charge in [0.15, 0.2) is 5.96 Å². The lowest BCUT2D eigenvalue weighted by atomic mass is 10.2. The Bertz CT molecular complexity index is 740. The first-order chi connectivity index (χ1) is 14.3. The van der Waals surface area contributed by atoms with Gasteiger partial charge in [-0.25, -0.2) is 0 Å². The van der Waals surface area contributed by atoms with Crippen LogP contribution < -0.4 is 15.5 Å². The summed E-state index contributed by atoms with van der Waals surface area (Å²) in [5, 5.41) is 14.9. The predicted molar refractivity (Wildman–Crippen MR) is 134 cm³/mol. The lowest BCUT2D eigenvalue weighted by Gasteiger charge is -2.36. The molecule has 1 aromatic heterocycles. The third-order valence-corrected chi connectivity index (χ3v) is 5.32. The molecule has 1 aliphatic rings. The fourth-order valence-electron chi connectivity index (χ4n) is 3.63. The van der Waals surface area contributed by atoms with Gasteiger partial charge < -0.3 is 20.1 Å². The molecule has 2 aromatic rings. The van der Waals surface area contributed by atoms with Crippen LogP contribution >= 0.6 is 24.0 Å². The first kappa shape index (κ1) is 24.4. The Balaban J connectivity index is 0.00000320. The Morgan fingerprint density at radius 1 is 1.03 bits per heavy atom. The van der Waals surface area contributed by atoms with Gasteiger partial charge in [-0.1, -0.05) is 25.1 Å². The highest BCUT2D eigenvalue weighted by atomic mass is 127. The van der Waals surface area contributed by atoms with Crippen LogP contribution in [-0.4, -0.2) is 78.5 Å². The molecule has 0 spiro atoms. The minimum atomic E-state index is 0. The van der Waals surface area contributed by atoms with Gasteiger partial charge in [0.2, 0.25) is 0 Å². The number of hydrogen-bond donors (Lipinski definition) is 2. The van der Waals surface area contributed by atoms with Crippen LogP contribution in [0, 0.1) is 0 Å². The lowest BCUT2D eigenvalue weighted by molar-refractivity contribution is 0.255. The average molecular weight is 526 g/mol. The fourth-order valence-corrected chi connectivity index (χ4v) is 3.63. The van der Waals surface area contributed by atoms with E-state index in [1.54, 1.807) is 6.33 Å². The highest BCUT2D eigenvalue weighted by Gasteiger charge is 2.16. The number of aromatic nitrogens is 3. The van der Waals surface area contributed by atoms with Gasteiger partial charge in [-0.2, -0.15) is 0 Å². The molecule has 2 N–H and O–H groups in total. The van der Waals surface area contributed by atoms with E-state index < -0.39 is 0 Å². The molecule has 0 saturated carbocycles. The molecular formula is C21H35IN8. The first-order valence-electron chi connectivity index (χ1n) is 10.6. The molecule has 9 heteroatoms. The Kier molecular flexibility index (Phi) is 10.9. The van der Waals surface area contributed by atoms with E-state index in [2.05, 4.69) is 77.4 Å². The Labute approximate surface area is 197 Å². The predicted octanol–water partition coefficient (Wildman–Crippen LogP) is 1.84. The van der Waals surface area contributed by atoms with Crippen LogP contribution in [-0.2, 0) is 13.0 Å². The minimum absolute atomic E-state index is 0. The molecule has 0 bridgehead atoms. The van der Waals surface area contributed by atoms with Crippen LogP contribution in [0.15, 0.2) is 41.7 Å². The molecule has 30 heavy (non-hydrogen) atoms. The number of anilines is 1. The van der Waals surface area contributed by atoms with Gasteiger partial charge in [-0.15, -0.1) is 34.2 Å². The van der Waals surface area contributed by atoms with Crippen LogP contribution in [0.5, 0.6) is 0 Å². The zero-order valence-corrected chi connectivity index (χ0v) is 20.5. The van der Waals surface area contributed by atoms with Crippen LogP contribution in [0.2, 0.25) is 0 Å². The molecule has 0 atom stereocenters. The van der Waals surface area contributed by atoms with Crippen molar-refractivity contribution in [2.75, 3.05) is 57.8 Å². The molecule has 0 unspecified atom stereocenters. The quantitative estimate of drug-likeness (QED) is 0.225. The number of nitrogens with one attached hydrogen (secondary N) is 2.